The van der Waals surface area contributed by atoms with Crippen molar-refractivity contribution in [2.45, 2.75) is 13.5 Å². The zero-order chi connectivity index (χ0) is 15.2. The minimum absolute atomic E-state index is 0.150. The van der Waals surface area contributed by atoms with Gasteiger partial charge >= 0.3 is 0 Å². The lowest BCUT2D eigenvalue weighted by Crippen LogP contribution is -2.28. The zero-order valence-corrected chi connectivity index (χ0v) is 12.4. The van der Waals surface area contributed by atoms with Crippen LogP contribution in [0.4, 0.5) is 10.1 Å². The van der Waals surface area contributed by atoms with E-state index >= 15 is 0 Å². The largest absolute Gasteiger partial charge is 0.325 e. The summed E-state index contributed by atoms with van der Waals surface area (Å²) in [6.45, 7) is 2.52. The molecule has 0 saturated carbocycles. The molecule has 2 aromatic rings. The topological polar surface area (TPSA) is 41.1 Å². The van der Waals surface area contributed by atoms with Gasteiger partial charge in [-0.15, -0.1) is 0 Å². The average molecular weight is 307 g/mol. The summed E-state index contributed by atoms with van der Waals surface area (Å²) in [7, 11) is 0. The number of benzene rings is 2. The van der Waals surface area contributed by atoms with Crippen molar-refractivity contribution in [2.75, 3.05) is 11.9 Å². The van der Waals surface area contributed by atoms with Crippen LogP contribution in [0, 0.1) is 12.7 Å². The quantitative estimate of drug-likeness (QED) is 0.887. The second-order valence-electron chi connectivity index (χ2n) is 4.69. The molecule has 21 heavy (non-hydrogen) atoms. The van der Waals surface area contributed by atoms with Gasteiger partial charge in [0.1, 0.15) is 5.82 Å². The standard InChI is InChI=1S/C16H16ClFN2O/c1-11-14(17)3-2-4-15(11)20-16(21)10-19-9-12-5-7-13(18)8-6-12/h2-8,19H,9-10H2,1H3,(H,20,21). The monoisotopic (exact) mass is 306 g/mol. The molecule has 0 aliphatic heterocycles. The van der Waals surface area contributed by atoms with Gasteiger partial charge < -0.3 is 10.6 Å². The van der Waals surface area contributed by atoms with Crippen LogP contribution in [0.25, 0.3) is 0 Å². The minimum atomic E-state index is -0.270. The van der Waals surface area contributed by atoms with Gasteiger partial charge in [0.2, 0.25) is 5.91 Å². The number of amides is 1. The molecule has 0 aliphatic carbocycles. The Bertz CT molecular complexity index is 629. The molecule has 5 heteroatoms. The van der Waals surface area contributed by atoms with Gasteiger partial charge in [0.25, 0.3) is 0 Å². The number of hydrogen-bond donors (Lipinski definition) is 2. The molecular weight excluding hydrogens is 291 g/mol. The second kappa shape index (κ2) is 7.20. The summed E-state index contributed by atoms with van der Waals surface area (Å²) < 4.78 is 12.8. The molecule has 2 N–H and O–H groups in total. The number of hydrogen-bond acceptors (Lipinski definition) is 2. The van der Waals surface area contributed by atoms with E-state index < -0.39 is 0 Å². The Balaban J connectivity index is 1.82. The smallest absolute Gasteiger partial charge is 0.238 e. The highest BCUT2D eigenvalue weighted by Crippen LogP contribution is 2.22. The molecule has 110 valence electrons. The Labute approximate surface area is 128 Å². The molecular formula is C16H16ClFN2O. The number of anilines is 1. The fraction of sp³-hybridized carbons (Fsp3) is 0.188. The number of halogens is 2. The van der Waals surface area contributed by atoms with Crippen molar-refractivity contribution in [3.05, 3.63) is 64.4 Å². The lowest BCUT2D eigenvalue weighted by atomic mass is 10.2. The van der Waals surface area contributed by atoms with Gasteiger partial charge in [-0.2, -0.15) is 0 Å². The highest BCUT2D eigenvalue weighted by molar-refractivity contribution is 6.31. The first kappa shape index (κ1) is 15.5. The highest BCUT2D eigenvalue weighted by atomic mass is 35.5. The van der Waals surface area contributed by atoms with E-state index in [1.165, 1.54) is 12.1 Å². The average Bonchev–Trinajstić information content (AvgIpc) is 2.46. The van der Waals surface area contributed by atoms with Crippen LogP contribution in [-0.2, 0) is 11.3 Å². The maximum Gasteiger partial charge on any atom is 0.238 e. The lowest BCUT2D eigenvalue weighted by Gasteiger charge is -2.10. The molecule has 0 fully saturated rings. The fourth-order valence-electron chi connectivity index (χ4n) is 1.86. The molecule has 0 unspecified atom stereocenters. The van der Waals surface area contributed by atoms with Gasteiger partial charge in [-0.25, -0.2) is 4.39 Å². The van der Waals surface area contributed by atoms with E-state index in [1.54, 1.807) is 30.3 Å². The van der Waals surface area contributed by atoms with Crippen molar-refractivity contribution in [1.82, 2.24) is 5.32 Å². The Morgan fingerprint density at radius 2 is 1.90 bits per heavy atom. The summed E-state index contributed by atoms with van der Waals surface area (Å²) in [4.78, 5) is 11.8. The molecule has 0 spiro atoms. The molecule has 2 aromatic carbocycles. The van der Waals surface area contributed by atoms with Crippen molar-refractivity contribution < 1.29 is 9.18 Å². The van der Waals surface area contributed by atoms with Crippen molar-refractivity contribution in [3.63, 3.8) is 0 Å². The number of carbonyl (C=O) groups excluding carboxylic acids is 1. The molecule has 0 atom stereocenters. The van der Waals surface area contributed by atoms with Gasteiger partial charge in [-0.1, -0.05) is 29.8 Å². The Morgan fingerprint density at radius 1 is 1.19 bits per heavy atom. The first-order valence-electron chi connectivity index (χ1n) is 6.56. The van der Waals surface area contributed by atoms with E-state index in [9.17, 15) is 9.18 Å². The number of carbonyl (C=O) groups is 1. The van der Waals surface area contributed by atoms with Crippen LogP contribution in [0.1, 0.15) is 11.1 Å². The van der Waals surface area contributed by atoms with E-state index in [2.05, 4.69) is 10.6 Å². The lowest BCUT2D eigenvalue weighted by molar-refractivity contribution is -0.115. The zero-order valence-electron chi connectivity index (χ0n) is 11.6. The van der Waals surface area contributed by atoms with Crippen LogP contribution in [-0.4, -0.2) is 12.5 Å². The van der Waals surface area contributed by atoms with Gasteiger partial charge in [0.05, 0.1) is 6.54 Å². The van der Waals surface area contributed by atoms with E-state index in [1.807, 2.05) is 6.92 Å². The molecule has 3 nitrogen and oxygen atoms in total. The van der Waals surface area contributed by atoms with E-state index in [4.69, 9.17) is 11.6 Å². The third-order valence-electron chi connectivity index (χ3n) is 3.07. The van der Waals surface area contributed by atoms with Crippen molar-refractivity contribution >= 4 is 23.2 Å². The summed E-state index contributed by atoms with van der Waals surface area (Å²) >= 11 is 6.00. The first-order valence-corrected chi connectivity index (χ1v) is 6.94. The molecule has 0 heterocycles. The van der Waals surface area contributed by atoms with Crippen LogP contribution in [0.5, 0.6) is 0 Å². The van der Waals surface area contributed by atoms with Crippen LogP contribution in [0.2, 0.25) is 5.02 Å². The molecule has 0 saturated heterocycles. The van der Waals surface area contributed by atoms with E-state index in [-0.39, 0.29) is 18.3 Å². The maximum absolute atomic E-state index is 12.8. The molecule has 1 amide bonds. The molecule has 2 rings (SSSR count). The first-order chi connectivity index (χ1) is 10.1. The summed E-state index contributed by atoms with van der Waals surface area (Å²) in [5.41, 5.74) is 2.46. The van der Waals surface area contributed by atoms with Crippen LogP contribution >= 0.6 is 11.6 Å². The third kappa shape index (κ3) is 4.55. The maximum atomic E-state index is 12.8. The molecule has 0 radical (unpaired) electrons. The number of nitrogens with one attached hydrogen (secondary N) is 2. The van der Waals surface area contributed by atoms with Crippen molar-refractivity contribution in [1.29, 1.82) is 0 Å². The summed E-state index contributed by atoms with van der Waals surface area (Å²) in [5, 5.41) is 6.43. The van der Waals surface area contributed by atoms with Crippen LogP contribution in [0.15, 0.2) is 42.5 Å². The summed E-state index contributed by atoms with van der Waals surface area (Å²) in [6, 6.07) is 11.5. The van der Waals surface area contributed by atoms with E-state index in [0.717, 1.165) is 11.1 Å². The second-order valence-corrected chi connectivity index (χ2v) is 5.10. The number of rotatable bonds is 5. The van der Waals surface area contributed by atoms with Crippen molar-refractivity contribution in [3.8, 4) is 0 Å². The Morgan fingerprint density at radius 3 is 2.62 bits per heavy atom. The van der Waals surface area contributed by atoms with Gasteiger partial charge in [-0.05, 0) is 42.3 Å². The van der Waals surface area contributed by atoms with E-state index in [0.29, 0.717) is 17.3 Å². The molecule has 0 aromatic heterocycles. The highest BCUT2D eigenvalue weighted by Gasteiger charge is 2.06. The normalized spacial score (nSPS) is 10.4. The van der Waals surface area contributed by atoms with Crippen molar-refractivity contribution in [2.24, 2.45) is 0 Å². The Hall–Kier alpha value is -1.91. The van der Waals surface area contributed by atoms with Gasteiger partial charge in [0.15, 0.2) is 0 Å². The van der Waals surface area contributed by atoms with Crippen LogP contribution < -0.4 is 10.6 Å². The Kier molecular flexibility index (Phi) is 5.31. The molecule has 0 aliphatic rings. The third-order valence-corrected chi connectivity index (χ3v) is 3.48. The SMILES string of the molecule is Cc1c(Cl)cccc1NC(=O)CNCc1ccc(F)cc1. The predicted octanol–water partition coefficient (Wildman–Crippen LogP) is 3.52. The molecule has 0 bridgehead atoms. The predicted molar refractivity (Wildman–Crippen MR) is 82.9 cm³/mol. The van der Waals surface area contributed by atoms with Crippen LogP contribution in [0.3, 0.4) is 0 Å². The fourth-order valence-corrected chi connectivity index (χ4v) is 2.03. The van der Waals surface area contributed by atoms with Gasteiger partial charge in [-0.3, -0.25) is 4.79 Å². The van der Waals surface area contributed by atoms with Gasteiger partial charge in [0, 0.05) is 17.3 Å². The summed E-state index contributed by atoms with van der Waals surface area (Å²) in [5.74, 6) is -0.421. The minimum Gasteiger partial charge on any atom is -0.325 e. The summed E-state index contributed by atoms with van der Waals surface area (Å²) in [6.07, 6.45) is 0.